The van der Waals surface area contributed by atoms with Gasteiger partial charge >= 0.3 is 0 Å². The van der Waals surface area contributed by atoms with Crippen LogP contribution in [0.4, 0.5) is 0 Å². The molecule has 0 aromatic heterocycles. The molecule has 0 radical (unpaired) electrons. The van der Waals surface area contributed by atoms with Crippen LogP contribution in [0, 0.1) is 0 Å². The molecule has 0 amide bonds. The molecule has 6 fully saturated rings. The van der Waals surface area contributed by atoms with E-state index < -0.39 is 0 Å². The van der Waals surface area contributed by atoms with E-state index in [1.165, 1.54) is 100 Å². The van der Waals surface area contributed by atoms with Crippen LogP contribution in [0.15, 0.2) is 0 Å². The van der Waals surface area contributed by atoms with Gasteiger partial charge in [0.15, 0.2) is 0 Å². The first-order valence-corrected chi connectivity index (χ1v) is 9.78. The molecule has 0 N–H and O–H groups in total. The monoisotopic (exact) mass is 308 g/mol. The van der Waals surface area contributed by atoms with Gasteiger partial charge in [0.05, 0.1) is 64.4 Å². The van der Waals surface area contributed by atoms with E-state index in [4.69, 9.17) is 0 Å². The van der Waals surface area contributed by atoms with Crippen LogP contribution in [0.25, 0.3) is 0 Å². The van der Waals surface area contributed by atoms with E-state index in [9.17, 15) is 0 Å². The minimum absolute atomic E-state index is 0.834. The molecule has 6 aliphatic heterocycles. The Balaban J connectivity index is 1.25. The maximum atomic E-state index is 2.70. The van der Waals surface area contributed by atoms with Gasteiger partial charge in [0.2, 0.25) is 0 Å². The van der Waals surface area contributed by atoms with Crippen molar-refractivity contribution in [3.8, 4) is 0 Å². The molecule has 22 heavy (non-hydrogen) atoms. The highest BCUT2D eigenvalue weighted by Crippen LogP contribution is 2.27. The number of fused-ring (bicyclic) bond motifs is 6. The second kappa shape index (κ2) is 5.73. The van der Waals surface area contributed by atoms with Crippen molar-refractivity contribution < 1.29 is 8.97 Å². The first kappa shape index (κ1) is 15.4. The van der Waals surface area contributed by atoms with Gasteiger partial charge < -0.3 is 8.97 Å². The molecular formula is C18H36N4+2. The highest BCUT2D eigenvalue weighted by Gasteiger charge is 2.43. The van der Waals surface area contributed by atoms with E-state index in [0.29, 0.717) is 0 Å². The van der Waals surface area contributed by atoms with Gasteiger partial charge in [-0.2, -0.15) is 0 Å². The molecule has 0 spiro atoms. The van der Waals surface area contributed by atoms with E-state index >= 15 is 0 Å². The molecule has 2 atom stereocenters. The number of nitrogens with zero attached hydrogens (tertiary/aromatic N) is 4. The molecule has 4 heteroatoms. The van der Waals surface area contributed by atoms with E-state index in [1.807, 2.05) is 0 Å². The molecule has 0 aromatic carbocycles. The second-order valence-corrected chi connectivity index (χ2v) is 8.87. The summed E-state index contributed by atoms with van der Waals surface area (Å²) in [4.78, 5) is 5.40. The maximum Gasteiger partial charge on any atom is 0.0942 e. The minimum atomic E-state index is 0.834. The Hall–Kier alpha value is -0.160. The number of piperazine rings is 6. The average Bonchev–Trinajstić information content (AvgIpc) is 2.53. The van der Waals surface area contributed by atoms with Crippen LogP contribution in [-0.4, -0.2) is 109 Å². The lowest BCUT2D eigenvalue weighted by molar-refractivity contribution is -0.949. The lowest BCUT2D eigenvalue weighted by atomic mass is 10.0. The molecule has 4 bridgehead atoms. The van der Waals surface area contributed by atoms with Crippen LogP contribution >= 0.6 is 0 Å². The highest BCUT2D eigenvalue weighted by atomic mass is 15.5. The van der Waals surface area contributed by atoms with Crippen LogP contribution in [0.5, 0.6) is 0 Å². The Kier molecular flexibility index (Phi) is 4.00. The molecule has 6 aliphatic rings. The summed E-state index contributed by atoms with van der Waals surface area (Å²) in [7, 11) is 0. The normalized spacial score (nSPS) is 50.5. The Morgan fingerprint density at radius 2 is 1.05 bits per heavy atom. The van der Waals surface area contributed by atoms with Crippen molar-refractivity contribution in [2.75, 3.05) is 78.5 Å². The fourth-order valence-corrected chi connectivity index (χ4v) is 5.93. The van der Waals surface area contributed by atoms with Gasteiger partial charge in [0.25, 0.3) is 0 Å². The molecule has 4 nitrogen and oxygen atoms in total. The summed E-state index contributed by atoms with van der Waals surface area (Å²) < 4.78 is 2.89. The van der Waals surface area contributed by atoms with Gasteiger partial charge in [-0.05, 0) is 13.8 Å². The van der Waals surface area contributed by atoms with E-state index in [1.54, 1.807) is 0 Å². The maximum absolute atomic E-state index is 2.70. The molecule has 6 heterocycles. The van der Waals surface area contributed by atoms with E-state index in [-0.39, 0.29) is 0 Å². The summed E-state index contributed by atoms with van der Waals surface area (Å²) >= 11 is 0. The van der Waals surface area contributed by atoms with Crippen molar-refractivity contribution in [1.82, 2.24) is 9.80 Å². The zero-order valence-electron chi connectivity index (χ0n) is 14.8. The van der Waals surface area contributed by atoms with Crippen LogP contribution in [-0.2, 0) is 0 Å². The lowest BCUT2D eigenvalue weighted by Crippen LogP contribution is -2.71. The number of hydrogen-bond donors (Lipinski definition) is 0. The lowest BCUT2D eigenvalue weighted by Gasteiger charge is -2.54. The molecule has 6 saturated heterocycles. The minimum Gasteiger partial charge on any atom is -0.320 e. The molecule has 0 saturated carbocycles. The van der Waals surface area contributed by atoms with Gasteiger partial charge in [-0.15, -0.1) is 0 Å². The smallest absolute Gasteiger partial charge is 0.0942 e. The van der Waals surface area contributed by atoms with E-state index in [2.05, 4.69) is 23.6 Å². The molecule has 0 aromatic rings. The highest BCUT2D eigenvalue weighted by molar-refractivity contribution is 4.79. The van der Waals surface area contributed by atoms with Crippen LogP contribution in [0.3, 0.4) is 0 Å². The van der Waals surface area contributed by atoms with Gasteiger partial charge in [-0.1, -0.05) is 0 Å². The number of quaternary nitrogens is 2. The zero-order valence-corrected chi connectivity index (χ0v) is 14.8. The summed E-state index contributed by atoms with van der Waals surface area (Å²) in [5.74, 6) is 0. The topological polar surface area (TPSA) is 6.48 Å². The SMILES string of the molecule is CC1C[N+]2(CCCC[N+]34CCN(CC3)C(C)C4)CCN1CC2. The molecular weight excluding hydrogens is 272 g/mol. The predicted molar refractivity (Wildman–Crippen MR) is 90.8 cm³/mol. The predicted octanol–water partition coefficient (Wildman–Crippen LogP) is 0.836. The molecule has 126 valence electrons. The Labute approximate surface area is 136 Å². The fraction of sp³-hybridized carbons (Fsp3) is 1.00. The first-order valence-electron chi connectivity index (χ1n) is 9.78. The fourth-order valence-electron chi connectivity index (χ4n) is 5.93. The third-order valence-corrected chi connectivity index (χ3v) is 7.51. The van der Waals surface area contributed by atoms with Crippen molar-refractivity contribution in [3.05, 3.63) is 0 Å². The summed E-state index contributed by atoms with van der Waals surface area (Å²) in [6.07, 6.45) is 2.93. The summed E-state index contributed by atoms with van der Waals surface area (Å²) in [5, 5.41) is 0. The van der Waals surface area contributed by atoms with Gasteiger partial charge in [0, 0.05) is 39.0 Å². The Bertz CT molecular complexity index is 356. The number of hydrogen-bond acceptors (Lipinski definition) is 2. The van der Waals surface area contributed by atoms with Crippen LogP contribution < -0.4 is 0 Å². The standard InChI is InChI=1S/C18H36N4/c1-17-15-21(11-5-19(17)6-12-21)9-3-4-10-22-13-7-20(8-14-22)18(2)16-22/h17-18H,3-16H2,1-2H3/q+2. The number of rotatable bonds is 5. The number of unbranched alkanes of at least 4 members (excludes halogenated alkanes) is 1. The van der Waals surface area contributed by atoms with Gasteiger partial charge in [-0.3, -0.25) is 9.80 Å². The van der Waals surface area contributed by atoms with Gasteiger partial charge in [-0.25, -0.2) is 0 Å². The first-order chi connectivity index (χ1) is 10.6. The van der Waals surface area contributed by atoms with Crippen molar-refractivity contribution in [1.29, 1.82) is 0 Å². The summed E-state index contributed by atoms with van der Waals surface area (Å²) in [6, 6.07) is 1.67. The largest absolute Gasteiger partial charge is 0.320 e. The Morgan fingerprint density at radius 1 is 0.682 bits per heavy atom. The third kappa shape index (κ3) is 2.72. The van der Waals surface area contributed by atoms with Crippen molar-refractivity contribution >= 4 is 0 Å². The van der Waals surface area contributed by atoms with Gasteiger partial charge in [0.1, 0.15) is 0 Å². The molecule has 0 aliphatic carbocycles. The van der Waals surface area contributed by atoms with Crippen molar-refractivity contribution in [3.63, 3.8) is 0 Å². The summed E-state index contributed by atoms with van der Waals surface area (Å²) in [6.45, 7) is 21.8. The third-order valence-electron chi connectivity index (χ3n) is 7.51. The Morgan fingerprint density at radius 3 is 1.36 bits per heavy atom. The zero-order chi connectivity index (χ0) is 15.2. The summed E-state index contributed by atoms with van der Waals surface area (Å²) in [5.41, 5.74) is 0. The van der Waals surface area contributed by atoms with Crippen molar-refractivity contribution in [2.45, 2.75) is 38.8 Å². The molecule has 2 unspecified atom stereocenters. The van der Waals surface area contributed by atoms with Crippen molar-refractivity contribution in [2.24, 2.45) is 0 Å². The second-order valence-electron chi connectivity index (χ2n) is 8.87. The molecule has 6 rings (SSSR count). The quantitative estimate of drug-likeness (QED) is 0.548. The van der Waals surface area contributed by atoms with Crippen LogP contribution in [0.2, 0.25) is 0 Å². The van der Waals surface area contributed by atoms with E-state index in [0.717, 1.165) is 12.1 Å². The van der Waals surface area contributed by atoms with Crippen LogP contribution in [0.1, 0.15) is 26.7 Å². The average molecular weight is 309 g/mol.